The lowest BCUT2D eigenvalue weighted by molar-refractivity contribution is -0.131. The molecule has 0 bridgehead atoms. The highest BCUT2D eigenvalue weighted by Gasteiger charge is 1.73. The molecule has 0 radical (unpaired) electrons. The lowest BCUT2D eigenvalue weighted by Crippen LogP contribution is -1.97. The molecule has 0 aromatic heterocycles. The van der Waals surface area contributed by atoms with Gasteiger partial charge in [0.05, 0.1) is 0 Å². The van der Waals surface area contributed by atoms with Crippen LogP contribution in [0.15, 0.2) is 43.0 Å². The summed E-state index contributed by atoms with van der Waals surface area (Å²) in [6.45, 7) is 2.96. The van der Waals surface area contributed by atoms with Gasteiger partial charge in [0.2, 0.25) is 0 Å². The maximum absolute atomic E-state index is 9.25. The van der Waals surface area contributed by atoms with E-state index in [0.29, 0.717) is 0 Å². The first kappa shape index (κ1) is 10.6. The third-order valence-corrected chi connectivity index (χ3v) is 1.78. The van der Waals surface area contributed by atoms with Gasteiger partial charge in [-0.3, -0.25) is 0 Å². The number of rotatable bonds is 1. The number of hydrogen-bond donors (Lipinski definition) is 1. The van der Waals surface area contributed by atoms with Gasteiger partial charge in [-0.2, -0.15) is 0 Å². The normalized spacial score (nSPS) is 8.00. The van der Waals surface area contributed by atoms with Crippen LogP contribution >= 0.6 is 0 Å². The molecule has 0 saturated carbocycles. The van der Waals surface area contributed by atoms with Crippen molar-refractivity contribution in [3.8, 4) is 0 Å². The lowest BCUT2D eigenvalue weighted by atomic mass is 10.4. The number of carbonyl (C=O) groups is 1. The van der Waals surface area contributed by atoms with E-state index >= 15 is 0 Å². The molecule has 0 spiro atoms. The molecule has 1 aromatic carbocycles. The van der Waals surface area contributed by atoms with E-state index in [9.17, 15) is 4.79 Å². The second-order valence-electron chi connectivity index (χ2n) is 2.20. The van der Waals surface area contributed by atoms with Crippen LogP contribution in [0.5, 0.6) is 0 Å². The summed E-state index contributed by atoms with van der Waals surface area (Å²) in [6.07, 6.45) is 0.833. The van der Waals surface area contributed by atoms with E-state index in [1.54, 1.807) is 0 Å². The fourth-order valence-corrected chi connectivity index (χ4v) is 0.919. The predicted octanol–water partition coefficient (Wildman–Crippen LogP) is -0.0657. The van der Waals surface area contributed by atoms with Crippen LogP contribution in [0.2, 0.25) is 0 Å². The van der Waals surface area contributed by atoms with Gasteiger partial charge in [-0.05, 0) is 0 Å². The van der Waals surface area contributed by atoms with Gasteiger partial charge in [0.15, 0.2) is 0 Å². The van der Waals surface area contributed by atoms with Gasteiger partial charge in [-0.15, -0.1) is 0 Å². The Morgan fingerprint density at radius 2 is 1.83 bits per heavy atom. The molecule has 1 aromatic rings. The summed E-state index contributed by atoms with van der Waals surface area (Å²) in [5.41, 5.74) is 0. The van der Waals surface area contributed by atoms with Crippen LogP contribution in [0.25, 0.3) is 0 Å². The maximum atomic E-state index is 9.25. The Balaban J connectivity index is 0.000000217. The van der Waals surface area contributed by atoms with Crippen LogP contribution in [-0.2, 0) is 4.79 Å². The molecule has 64 valence electrons. The minimum atomic E-state index is -0.981. The highest BCUT2D eigenvalue weighted by Crippen LogP contribution is 1.76. The molecule has 0 saturated heterocycles. The Hall–Kier alpha value is -1.35. The van der Waals surface area contributed by atoms with E-state index in [1.165, 1.54) is 15.4 Å². The average Bonchev–Trinajstić information content (AvgIpc) is 2.07. The summed E-state index contributed by atoms with van der Waals surface area (Å²) in [5.74, 6) is -0.981. The lowest BCUT2D eigenvalue weighted by Gasteiger charge is -1.82. The number of benzene rings is 1. The summed E-state index contributed by atoms with van der Waals surface area (Å²) in [7, 11) is 1.17. The second kappa shape index (κ2) is 6.36. The molecular formula is C9H12O2Si. The van der Waals surface area contributed by atoms with Crippen molar-refractivity contribution in [1.29, 1.82) is 0 Å². The van der Waals surface area contributed by atoms with Crippen molar-refractivity contribution in [1.82, 2.24) is 0 Å². The molecular weight excluding hydrogens is 168 g/mol. The van der Waals surface area contributed by atoms with Gasteiger partial charge in [0, 0.05) is 16.3 Å². The molecule has 1 rings (SSSR count). The zero-order valence-corrected chi connectivity index (χ0v) is 9.03. The zero-order valence-electron chi connectivity index (χ0n) is 7.03. The molecule has 0 unspecified atom stereocenters. The molecule has 0 aliphatic rings. The number of aliphatic carboxylic acids is 1. The topological polar surface area (TPSA) is 37.3 Å². The van der Waals surface area contributed by atoms with Crippen molar-refractivity contribution in [3.05, 3.63) is 43.0 Å². The molecule has 0 aliphatic heterocycles. The Kier molecular flexibility index (Phi) is 5.65. The van der Waals surface area contributed by atoms with Crippen molar-refractivity contribution < 1.29 is 9.90 Å². The summed E-state index contributed by atoms with van der Waals surface area (Å²) >= 11 is 0. The number of carboxylic acid groups (broad SMARTS) is 1. The van der Waals surface area contributed by atoms with E-state index in [-0.39, 0.29) is 0 Å². The smallest absolute Gasteiger partial charge is 0.327 e. The predicted molar refractivity (Wildman–Crippen MR) is 53.8 cm³/mol. The van der Waals surface area contributed by atoms with Crippen molar-refractivity contribution in [2.45, 2.75) is 0 Å². The van der Waals surface area contributed by atoms with Gasteiger partial charge >= 0.3 is 5.97 Å². The maximum Gasteiger partial charge on any atom is 0.327 e. The van der Waals surface area contributed by atoms with E-state index in [2.05, 4.69) is 30.8 Å². The molecule has 0 aliphatic carbocycles. The number of carboxylic acids is 1. The van der Waals surface area contributed by atoms with E-state index in [0.717, 1.165) is 6.08 Å². The third-order valence-electron chi connectivity index (χ3n) is 1.12. The fraction of sp³-hybridized carbons (Fsp3) is 0. The first-order valence-corrected chi connectivity index (χ1v) is 4.54. The van der Waals surface area contributed by atoms with Crippen LogP contribution in [0.1, 0.15) is 0 Å². The summed E-state index contributed by atoms with van der Waals surface area (Å²) in [5, 5.41) is 9.06. The van der Waals surface area contributed by atoms with Gasteiger partial charge in [0.25, 0.3) is 0 Å². The largest absolute Gasteiger partial charge is 0.478 e. The fourth-order valence-electron chi connectivity index (χ4n) is 0.534. The van der Waals surface area contributed by atoms with Gasteiger partial charge in [-0.1, -0.05) is 42.1 Å². The van der Waals surface area contributed by atoms with Crippen molar-refractivity contribution in [2.24, 2.45) is 0 Å². The number of hydrogen-bond acceptors (Lipinski definition) is 1. The third kappa shape index (κ3) is 6.76. The summed E-state index contributed by atoms with van der Waals surface area (Å²) in [6, 6.07) is 10.5. The monoisotopic (exact) mass is 180 g/mol. The minimum absolute atomic E-state index is 0.833. The second-order valence-corrected chi connectivity index (χ2v) is 3.35. The van der Waals surface area contributed by atoms with Crippen LogP contribution in [0.4, 0.5) is 0 Å². The Morgan fingerprint density at radius 3 is 2.00 bits per heavy atom. The summed E-state index contributed by atoms with van der Waals surface area (Å²) in [4.78, 5) is 9.25. The first-order valence-electron chi connectivity index (χ1n) is 3.54. The molecule has 0 amide bonds. The van der Waals surface area contributed by atoms with E-state index < -0.39 is 5.97 Å². The van der Waals surface area contributed by atoms with Gasteiger partial charge in [0.1, 0.15) is 0 Å². The van der Waals surface area contributed by atoms with Crippen LogP contribution in [0.3, 0.4) is 0 Å². The quantitative estimate of drug-likeness (QED) is 0.485. The van der Waals surface area contributed by atoms with Crippen LogP contribution < -0.4 is 5.19 Å². The standard InChI is InChI=1S/C6H8Si.C3H4O2/c7-6-4-2-1-3-5-6;1-2-3(4)5/h1-5H,7H3;2H,1H2,(H,4,5). The summed E-state index contributed by atoms with van der Waals surface area (Å²) < 4.78 is 0. The van der Waals surface area contributed by atoms with Gasteiger partial charge < -0.3 is 5.11 Å². The average molecular weight is 180 g/mol. The van der Waals surface area contributed by atoms with Crippen LogP contribution in [0, 0.1) is 0 Å². The molecule has 3 heteroatoms. The first-order chi connectivity index (χ1) is 5.66. The molecule has 1 N–H and O–H groups in total. The molecule has 12 heavy (non-hydrogen) atoms. The Bertz CT molecular complexity index is 244. The Morgan fingerprint density at radius 1 is 1.42 bits per heavy atom. The van der Waals surface area contributed by atoms with Crippen molar-refractivity contribution >= 4 is 21.4 Å². The Labute approximate surface area is 75.0 Å². The highest BCUT2D eigenvalue weighted by atomic mass is 28.1. The molecule has 0 fully saturated rings. The van der Waals surface area contributed by atoms with Crippen molar-refractivity contribution in [2.75, 3.05) is 0 Å². The molecule has 0 heterocycles. The zero-order chi connectivity index (χ0) is 9.40. The highest BCUT2D eigenvalue weighted by molar-refractivity contribution is 6.32. The van der Waals surface area contributed by atoms with Crippen LogP contribution in [-0.4, -0.2) is 21.3 Å². The molecule has 2 nitrogen and oxygen atoms in total. The van der Waals surface area contributed by atoms with Gasteiger partial charge in [-0.25, -0.2) is 4.79 Å². The SMILES string of the molecule is C=CC(=O)O.[SiH3]c1ccccc1. The minimum Gasteiger partial charge on any atom is -0.478 e. The van der Waals surface area contributed by atoms with E-state index in [1.807, 2.05) is 6.07 Å². The molecule has 0 atom stereocenters. The van der Waals surface area contributed by atoms with Crippen molar-refractivity contribution in [3.63, 3.8) is 0 Å². The van der Waals surface area contributed by atoms with E-state index in [4.69, 9.17) is 5.11 Å².